The van der Waals surface area contributed by atoms with Gasteiger partial charge in [0.15, 0.2) is 5.69 Å². The van der Waals surface area contributed by atoms with Gasteiger partial charge in [-0.2, -0.15) is 10.2 Å². The van der Waals surface area contributed by atoms with Crippen LogP contribution in [0.3, 0.4) is 0 Å². The van der Waals surface area contributed by atoms with Gasteiger partial charge in [0.05, 0.1) is 17.3 Å². The van der Waals surface area contributed by atoms with Crippen molar-refractivity contribution in [2.24, 2.45) is 12.8 Å². The van der Waals surface area contributed by atoms with Gasteiger partial charge in [0.1, 0.15) is 0 Å². The zero-order valence-electron chi connectivity index (χ0n) is 17.3. The van der Waals surface area contributed by atoms with E-state index in [4.69, 9.17) is 5.73 Å². The van der Waals surface area contributed by atoms with Crippen LogP contribution in [-0.2, 0) is 19.9 Å². The van der Waals surface area contributed by atoms with Gasteiger partial charge < -0.3 is 10.8 Å². The summed E-state index contributed by atoms with van der Waals surface area (Å²) >= 11 is 0. The van der Waals surface area contributed by atoms with E-state index in [2.05, 4.69) is 34.5 Å². The number of fused-ring (bicyclic) bond motifs is 1. The summed E-state index contributed by atoms with van der Waals surface area (Å²) in [6.45, 7) is 3.43. The maximum absolute atomic E-state index is 12.1. The number of primary amides is 1. The minimum atomic E-state index is -1.00. The summed E-state index contributed by atoms with van der Waals surface area (Å²) in [6.07, 6.45) is 6.48. The van der Waals surface area contributed by atoms with Crippen LogP contribution in [0.5, 0.6) is 0 Å². The number of nitrogens with zero attached hydrogens (tertiary/aromatic N) is 4. The van der Waals surface area contributed by atoms with E-state index in [0.29, 0.717) is 12.0 Å². The summed E-state index contributed by atoms with van der Waals surface area (Å²) in [4.78, 5) is 12.1. The summed E-state index contributed by atoms with van der Waals surface area (Å²) in [5.41, 5.74) is 10.6. The van der Waals surface area contributed by atoms with Crippen LogP contribution in [0.25, 0.3) is 16.6 Å². The van der Waals surface area contributed by atoms with E-state index in [1.165, 1.54) is 0 Å². The Morgan fingerprint density at radius 3 is 2.47 bits per heavy atom. The summed E-state index contributed by atoms with van der Waals surface area (Å²) in [5.74, 6) is -0.599. The lowest BCUT2D eigenvalue weighted by Gasteiger charge is -2.22. The predicted octanol–water partition coefficient (Wildman–Crippen LogP) is 2.74. The van der Waals surface area contributed by atoms with Crippen LogP contribution in [0.4, 0.5) is 0 Å². The normalized spacial score (nSPS) is 11.9. The van der Waals surface area contributed by atoms with Crippen LogP contribution in [0.1, 0.15) is 41.0 Å². The van der Waals surface area contributed by atoms with Gasteiger partial charge in [-0.05, 0) is 54.7 Å². The molecule has 0 spiro atoms. The molecular formula is C23H25N5O2. The Balaban J connectivity index is 1.78. The highest BCUT2D eigenvalue weighted by Crippen LogP contribution is 2.27. The number of carbonyl (C=O) groups is 1. The second-order valence-electron chi connectivity index (χ2n) is 8.27. The van der Waals surface area contributed by atoms with Gasteiger partial charge in [0.2, 0.25) is 0 Å². The minimum absolute atomic E-state index is 0.197. The third-order valence-electron chi connectivity index (χ3n) is 5.11. The molecule has 0 aliphatic carbocycles. The summed E-state index contributed by atoms with van der Waals surface area (Å²) in [6, 6.07) is 12.1. The molecule has 3 heterocycles. The van der Waals surface area contributed by atoms with Crippen molar-refractivity contribution in [2.45, 2.75) is 32.3 Å². The van der Waals surface area contributed by atoms with E-state index < -0.39 is 11.5 Å². The van der Waals surface area contributed by atoms with E-state index in [0.717, 1.165) is 27.8 Å². The lowest BCUT2D eigenvalue weighted by atomic mass is 9.90. The first kappa shape index (κ1) is 19.8. The van der Waals surface area contributed by atoms with Crippen LogP contribution in [0, 0.1) is 0 Å². The van der Waals surface area contributed by atoms with Gasteiger partial charge in [0, 0.05) is 31.4 Å². The molecule has 1 aromatic carbocycles. The number of nitrogens with two attached hydrogens (primary N) is 1. The van der Waals surface area contributed by atoms with E-state index >= 15 is 0 Å². The van der Waals surface area contributed by atoms with Crippen molar-refractivity contribution in [3.63, 3.8) is 0 Å². The van der Waals surface area contributed by atoms with Crippen molar-refractivity contribution >= 4 is 11.4 Å². The number of amides is 1. The highest BCUT2D eigenvalue weighted by molar-refractivity contribution is 5.93. The Hall–Kier alpha value is -3.45. The first-order valence-electron chi connectivity index (χ1n) is 9.80. The number of aromatic nitrogens is 4. The SMILES string of the molecule is Cn1cc(-c2ccc(Cc3c(CC(C)(C)O)c(C(N)=O)nn4cccc34)cc2)cn1. The molecule has 7 heteroatoms. The van der Waals surface area contributed by atoms with Gasteiger partial charge in [-0.3, -0.25) is 9.48 Å². The van der Waals surface area contributed by atoms with Gasteiger partial charge in [0.25, 0.3) is 5.91 Å². The molecule has 4 aromatic rings. The van der Waals surface area contributed by atoms with Crippen molar-refractivity contribution < 1.29 is 9.90 Å². The number of rotatable bonds is 6. The Morgan fingerprint density at radius 1 is 1.13 bits per heavy atom. The second-order valence-corrected chi connectivity index (χ2v) is 8.27. The third kappa shape index (κ3) is 3.97. The van der Waals surface area contributed by atoms with Crippen LogP contribution in [-0.4, -0.2) is 36.0 Å². The quantitative estimate of drug-likeness (QED) is 0.517. The maximum Gasteiger partial charge on any atom is 0.269 e. The lowest BCUT2D eigenvalue weighted by Crippen LogP contribution is -2.27. The van der Waals surface area contributed by atoms with Gasteiger partial charge in [-0.15, -0.1) is 0 Å². The Bertz CT molecular complexity index is 1210. The second kappa shape index (κ2) is 7.42. The van der Waals surface area contributed by atoms with Crippen LogP contribution >= 0.6 is 0 Å². The minimum Gasteiger partial charge on any atom is -0.390 e. The molecule has 1 amide bonds. The highest BCUT2D eigenvalue weighted by Gasteiger charge is 2.24. The van der Waals surface area contributed by atoms with E-state index in [9.17, 15) is 9.90 Å². The Morgan fingerprint density at radius 2 is 1.87 bits per heavy atom. The standard InChI is InChI=1S/C23H25N5O2/c1-23(2,30)12-19-18(20-5-4-10-28(20)26-21(19)22(24)29)11-15-6-8-16(9-7-15)17-13-25-27(3)14-17/h4-10,13-14,30H,11-12H2,1-3H3,(H2,24,29). The molecule has 0 saturated carbocycles. The van der Waals surface area contributed by atoms with Crippen molar-refractivity contribution in [1.29, 1.82) is 0 Å². The number of benzene rings is 1. The van der Waals surface area contributed by atoms with E-state index in [1.807, 2.05) is 31.6 Å². The first-order valence-corrected chi connectivity index (χ1v) is 9.80. The summed E-state index contributed by atoms with van der Waals surface area (Å²) < 4.78 is 3.45. The first-order chi connectivity index (χ1) is 14.2. The average molecular weight is 403 g/mol. The zero-order valence-corrected chi connectivity index (χ0v) is 17.3. The maximum atomic E-state index is 12.1. The molecular weight excluding hydrogens is 378 g/mol. The molecule has 0 atom stereocenters. The van der Waals surface area contributed by atoms with Crippen molar-refractivity contribution in [2.75, 3.05) is 0 Å². The number of carbonyl (C=O) groups excluding carboxylic acids is 1. The van der Waals surface area contributed by atoms with Crippen LogP contribution in [0.2, 0.25) is 0 Å². The molecule has 0 radical (unpaired) electrons. The largest absolute Gasteiger partial charge is 0.390 e. The van der Waals surface area contributed by atoms with Crippen LogP contribution in [0.15, 0.2) is 55.0 Å². The number of aliphatic hydroxyl groups is 1. The molecule has 4 rings (SSSR count). The van der Waals surface area contributed by atoms with Crippen molar-refractivity contribution in [1.82, 2.24) is 19.4 Å². The Kier molecular flexibility index (Phi) is 4.91. The summed E-state index contributed by atoms with van der Waals surface area (Å²) in [7, 11) is 1.89. The summed E-state index contributed by atoms with van der Waals surface area (Å²) in [5, 5.41) is 19.1. The monoisotopic (exact) mass is 403 g/mol. The third-order valence-corrected chi connectivity index (χ3v) is 5.11. The molecule has 7 nitrogen and oxygen atoms in total. The molecule has 0 aliphatic rings. The van der Waals surface area contributed by atoms with E-state index in [-0.39, 0.29) is 12.1 Å². The fourth-order valence-corrected chi connectivity index (χ4v) is 3.77. The fraction of sp³-hybridized carbons (Fsp3) is 0.261. The molecule has 0 fully saturated rings. The molecule has 3 aromatic heterocycles. The highest BCUT2D eigenvalue weighted by atomic mass is 16.3. The topological polar surface area (TPSA) is 98.4 Å². The molecule has 30 heavy (non-hydrogen) atoms. The van der Waals surface area contributed by atoms with Gasteiger partial charge >= 0.3 is 0 Å². The number of hydrogen-bond acceptors (Lipinski definition) is 4. The Labute approximate surface area is 174 Å². The number of aryl methyl sites for hydroxylation is 1. The average Bonchev–Trinajstić information content (AvgIpc) is 3.31. The molecule has 0 bridgehead atoms. The molecule has 154 valence electrons. The van der Waals surface area contributed by atoms with Crippen molar-refractivity contribution in [3.05, 3.63) is 77.4 Å². The molecule has 0 saturated heterocycles. The van der Waals surface area contributed by atoms with Crippen molar-refractivity contribution in [3.8, 4) is 11.1 Å². The molecule has 3 N–H and O–H groups in total. The van der Waals surface area contributed by atoms with Gasteiger partial charge in [-0.1, -0.05) is 24.3 Å². The molecule has 0 aliphatic heterocycles. The van der Waals surface area contributed by atoms with Crippen LogP contribution < -0.4 is 5.73 Å². The molecule has 0 unspecified atom stereocenters. The lowest BCUT2D eigenvalue weighted by molar-refractivity contribution is 0.0801. The number of hydrogen-bond donors (Lipinski definition) is 2. The fourth-order valence-electron chi connectivity index (χ4n) is 3.77. The van der Waals surface area contributed by atoms with Gasteiger partial charge in [-0.25, -0.2) is 4.52 Å². The zero-order chi connectivity index (χ0) is 21.5. The predicted molar refractivity (Wildman–Crippen MR) is 115 cm³/mol. The van der Waals surface area contributed by atoms with E-state index in [1.54, 1.807) is 29.2 Å². The smallest absolute Gasteiger partial charge is 0.269 e.